The number of nitrogens with zero attached hydrogens (tertiary/aromatic N) is 1. The van der Waals surface area contributed by atoms with Gasteiger partial charge in [0.1, 0.15) is 5.57 Å². The zero-order valence-electron chi connectivity index (χ0n) is 6.77. The van der Waals surface area contributed by atoms with E-state index in [2.05, 4.69) is 0 Å². The van der Waals surface area contributed by atoms with Gasteiger partial charge in [0.05, 0.1) is 4.92 Å². The zero-order chi connectivity index (χ0) is 9.72. The van der Waals surface area contributed by atoms with Crippen molar-refractivity contribution in [3.63, 3.8) is 0 Å². The van der Waals surface area contributed by atoms with Crippen LogP contribution < -0.4 is 0 Å². The van der Waals surface area contributed by atoms with Gasteiger partial charge in [0.25, 0.3) is 5.70 Å². The molecule has 5 nitrogen and oxygen atoms in total. The summed E-state index contributed by atoms with van der Waals surface area (Å²) in [5.41, 5.74) is -0.674. The summed E-state index contributed by atoms with van der Waals surface area (Å²) in [5.74, 6) is -1.29. The van der Waals surface area contributed by atoms with Crippen LogP contribution in [0.25, 0.3) is 0 Å². The van der Waals surface area contributed by atoms with Gasteiger partial charge in [0.2, 0.25) is 0 Å². The molecule has 5 heteroatoms. The van der Waals surface area contributed by atoms with Crippen LogP contribution >= 0.6 is 0 Å². The average Bonchev–Trinajstić information content (AvgIpc) is 1.98. The van der Waals surface area contributed by atoms with Crippen LogP contribution in [-0.4, -0.2) is 16.0 Å². The Kier molecular flexibility index (Phi) is 3.69. The summed E-state index contributed by atoms with van der Waals surface area (Å²) in [5, 5.41) is 18.8. The fraction of sp³-hybridized carbons (Fsp3) is 0.286. The number of nitro groups is 1. The minimum atomic E-state index is -1.29. The SMILES string of the molecule is C/C=C(C(=O)O)\C(=C/C)[N+](=O)[O-]. The molecule has 0 saturated heterocycles. The number of allylic oxidation sites excluding steroid dienone is 2. The van der Waals surface area contributed by atoms with Crippen LogP contribution in [0.15, 0.2) is 23.4 Å². The minimum Gasteiger partial charge on any atom is -0.477 e. The molecule has 0 aromatic carbocycles. The molecule has 0 heterocycles. The van der Waals surface area contributed by atoms with Gasteiger partial charge in [-0.2, -0.15) is 0 Å². The van der Waals surface area contributed by atoms with Crippen molar-refractivity contribution < 1.29 is 14.8 Å². The first-order valence-corrected chi connectivity index (χ1v) is 3.25. The van der Waals surface area contributed by atoms with E-state index in [0.29, 0.717) is 0 Å². The zero-order valence-corrected chi connectivity index (χ0v) is 6.77. The fourth-order valence-corrected chi connectivity index (χ4v) is 0.740. The van der Waals surface area contributed by atoms with Gasteiger partial charge >= 0.3 is 5.97 Å². The molecular weight excluding hydrogens is 162 g/mol. The molecule has 0 rings (SSSR count). The molecule has 0 bridgehead atoms. The number of carboxylic acids is 1. The molecule has 0 aliphatic heterocycles. The van der Waals surface area contributed by atoms with E-state index in [0.717, 1.165) is 6.08 Å². The Bertz CT molecular complexity index is 237. The normalized spacial score (nSPS) is 12.8. The van der Waals surface area contributed by atoms with Crippen molar-refractivity contribution in [2.24, 2.45) is 0 Å². The van der Waals surface area contributed by atoms with E-state index in [1.807, 2.05) is 0 Å². The topological polar surface area (TPSA) is 80.4 Å². The number of hydrogen-bond acceptors (Lipinski definition) is 3. The van der Waals surface area contributed by atoms with Crippen molar-refractivity contribution in [1.29, 1.82) is 0 Å². The van der Waals surface area contributed by atoms with E-state index >= 15 is 0 Å². The molecule has 0 unspecified atom stereocenters. The second-order valence-corrected chi connectivity index (χ2v) is 1.94. The molecule has 12 heavy (non-hydrogen) atoms. The average molecular weight is 171 g/mol. The largest absolute Gasteiger partial charge is 0.477 e. The Morgan fingerprint density at radius 3 is 2.00 bits per heavy atom. The minimum absolute atomic E-state index is 0.289. The van der Waals surface area contributed by atoms with Crippen LogP contribution in [0.4, 0.5) is 0 Å². The van der Waals surface area contributed by atoms with E-state index in [9.17, 15) is 14.9 Å². The number of aliphatic carboxylic acids is 1. The van der Waals surface area contributed by atoms with Crippen molar-refractivity contribution >= 4 is 5.97 Å². The van der Waals surface area contributed by atoms with Gasteiger partial charge in [-0.05, 0) is 19.9 Å². The first-order chi connectivity index (χ1) is 5.54. The van der Waals surface area contributed by atoms with Gasteiger partial charge in [0.15, 0.2) is 0 Å². The molecule has 1 N–H and O–H groups in total. The van der Waals surface area contributed by atoms with E-state index in [1.54, 1.807) is 0 Å². The van der Waals surface area contributed by atoms with E-state index in [1.165, 1.54) is 19.9 Å². The van der Waals surface area contributed by atoms with Crippen molar-refractivity contribution in [2.75, 3.05) is 0 Å². The highest BCUT2D eigenvalue weighted by molar-refractivity contribution is 5.90. The summed E-state index contributed by atoms with van der Waals surface area (Å²) in [6.07, 6.45) is 2.35. The lowest BCUT2D eigenvalue weighted by atomic mass is 10.2. The van der Waals surface area contributed by atoms with Crippen molar-refractivity contribution in [3.05, 3.63) is 33.5 Å². The molecule has 0 aliphatic carbocycles. The standard InChI is InChI=1S/C7H9NO4/c1-3-5(7(9)10)6(4-2)8(11)12/h3-4H,1-2H3,(H,9,10)/b5-3+,6-4+. The molecule has 0 aromatic heterocycles. The quantitative estimate of drug-likeness (QED) is 0.299. The van der Waals surface area contributed by atoms with E-state index in [4.69, 9.17) is 5.11 Å². The van der Waals surface area contributed by atoms with Crippen LogP contribution in [0, 0.1) is 10.1 Å². The van der Waals surface area contributed by atoms with Crippen LogP contribution in [0.3, 0.4) is 0 Å². The predicted octanol–water partition coefficient (Wildman–Crippen LogP) is 1.20. The molecule has 0 aliphatic rings. The third-order valence-electron chi connectivity index (χ3n) is 1.27. The lowest BCUT2D eigenvalue weighted by molar-refractivity contribution is -0.420. The van der Waals surface area contributed by atoms with Gasteiger partial charge in [-0.3, -0.25) is 10.1 Å². The van der Waals surface area contributed by atoms with Crippen LogP contribution in [0.5, 0.6) is 0 Å². The first-order valence-electron chi connectivity index (χ1n) is 3.25. The molecule has 0 aromatic rings. The monoisotopic (exact) mass is 171 g/mol. The molecule has 0 spiro atoms. The van der Waals surface area contributed by atoms with Crippen LogP contribution in [0.2, 0.25) is 0 Å². The van der Waals surface area contributed by atoms with E-state index in [-0.39, 0.29) is 11.3 Å². The number of rotatable bonds is 3. The van der Waals surface area contributed by atoms with Gasteiger partial charge in [-0.1, -0.05) is 6.08 Å². The number of carboxylic acid groups (broad SMARTS) is 1. The Balaban J connectivity index is 4.99. The smallest absolute Gasteiger partial charge is 0.342 e. The molecule has 0 amide bonds. The van der Waals surface area contributed by atoms with Gasteiger partial charge in [0, 0.05) is 0 Å². The number of hydrogen-bond donors (Lipinski definition) is 1. The molecule has 0 atom stereocenters. The van der Waals surface area contributed by atoms with Gasteiger partial charge in [-0.15, -0.1) is 0 Å². The summed E-state index contributed by atoms with van der Waals surface area (Å²) in [7, 11) is 0. The molecule has 0 fully saturated rings. The Labute approximate surface area is 69.2 Å². The Morgan fingerprint density at radius 1 is 1.42 bits per heavy atom. The maximum atomic E-state index is 10.4. The Morgan fingerprint density at radius 2 is 1.92 bits per heavy atom. The molecular formula is C7H9NO4. The molecule has 0 radical (unpaired) electrons. The predicted molar refractivity (Wildman–Crippen MR) is 42.1 cm³/mol. The van der Waals surface area contributed by atoms with E-state index < -0.39 is 10.9 Å². The summed E-state index contributed by atoms with van der Waals surface area (Å²) >= 11 is 0. The highest BCUT2D eigenvalue weighted by atomic mass is 16.6. The second kappa shape index (κ2) is 4.27. The first kappa shape index (κ1) is 10.3. The summed E-state index contributed by atoms with van der Waals surface area (Å²) in [6.45, 7) is 2.86. The lowest BCUT2D eigenvalue weighted by Crippen LogP contribution is -2.09. The van der Waals surface area contributed by atoms with Crippen LogP contribution in [0.1, 0.15) is 13.8 Å². The maximum Gasteiger partial charge on any atom is 0.342 e. The van der Waals surface area contributed by atoms with Gasteiger partial charge in [-0.25, -0.2) is 4.79 Å². The van der Waals surface area contributed by atoms with Crippen molar-refractivity contribution in [3.8, 4) is 0 Å². The lowest BCUT2D eigenvalue weighted by Gasteiger charge is -1.96. The third-order valence-corrected chi connectivity index (χ3v) is 1.27. The Hall–Kier alpha value is -1.65. The molecule has 66 valence electrons. The highest BCUT2D eigenvalue weighted by Crippen LogP contribution is 2.10. The summed E-state index contributed by atoms with van der Waals surface area (Å²) in [4.78, 5) is 20.0. The van der Waals surface area contributed by atoms with Crippen molar-refractivity contribution in [2.45, 2.75) is 13.8 Å². The van der Waals surface area contributed by atoms with Crippen molar-refractivity contribution in [1.82, 2.24) is 0 Å². The number of carbonyl (C=O) groups is 1. The highest BCUT2D eigenvalue weighted by Gasteiger charge is 2.21. The fourth-order valence-electron chi connectivity index (χ4n) is 0.740. The summed E-state index contributed by atoms with van der Waals surface area (Å²) < 4.78 is 0. The van der Waals surface area contributed by atoms with Crippen LogP contribution in [-0.2, 0) is 4.79 Å². The van der Waals surface area contributed by atoms with Gasteiger partial charge < -0.3 is 5.11 Å². The molecule has 0 saturated carbocycles. The third kappa shape index (κ3) is 2.19. The maximum absolute atomic E-state index is 10.4. The summed E-state index contributed by atoms with van der Waals surface area (Å²) in [6, 6.07) is 0. The second-order valence-electron chi connectivity index (χ2n) is 1.94.